The Hall–Kier alpha value is 0.110. The van der Waals surface area contributed by atoms with E-state index < -0.39 is 7.82 Å². The molecular formula is C26H55O4P. The second kappa shape index (κ2) is 23.3. The summed E-state index contributed by atoms with van der Waals surface area (Å²) in [6, 6.07) is 0. The van der Waals surface area contributed by atoms with Crippen molar-refractivity contribution in [3.63, 3.8) is 0 Å². The molecule has 0 amide bonds. The van der Waals surface area contributed by atoms with Gasteiger partial charge in [0.25, 0.3) is 0 Å². The van der Waals surface area contributed by atoms with E-state index in [0.717, 1.165) is 38.5 Å². The Balaban J connectivity index is 3.38. The molecule has 0 aromatic heterocycles. The molecule has 0 aromatic rings. The van der Waals surface area contributed by atoms with Crippen molar-refractivity contribution in [1.82, 2.24) is 0 Å². The molecule has 188 valence electrons. The number of phosphoric acid groups is 1. The molecule has 0 aliphatic carbocycles. The van der Waals surface area contributed by atoms with Gasteiger partial charge in [-0.3, -0.25) is 9.05 Å². The van der Waals surface area contributed by atoms with Gasteiger partial charge in [0, 0.05) is 0 Å². The van der Waals surface area contributed by atoms with Gasteiger partial charge in [0.1, 0.15) is 0 Å². The molecule has 0 radical (unpaired) electrons. The smallest absolute Gasteiger partial charge is 0.302 e. The van der Waals surface area contributed by atoms with Crippen LogP contribution in [-0.2, 0) is 13.6 Å². The van der Waals surface area contributed by atoms with Crippen molar-refractivity contribution in [2.45, 2.75) is 149 Å². The van der Waals surface area contributed by atoms with Gasteiger partial charge in [-0.05, 0) is 18.8 Å². The first-order chi connectivity index (χ1) is 15.1. The van der Waals surface area contributed by atoms with E-state index >= 15 is 0 Å². The molecule has 0 bridgehead atoms. The lowest BCUT2D eigenvalue weighted by Crippen LogP contribution is -2.09. The van der Waals surface area contributed by atoms with Crippen LogP contribution in [0.4, 0.5) is 0 Å². The third kappa shape index (κ3) is 23.1. The van der Waals surface area contributed by atoms with E-state index in [1.807, 2.05) is 0 Å². The Labute approximate surface area is 194 Å². The molecule has 0 aliphatic heterocycles. The van der Waals surface area contributed by atoms with Gasteiger partial charge in [0.2, 0.25) is 0 Å². The Bertz CT molecular complexity index is 403. The largest absolute Gasteiger partial charge is 0.472 e. The zero-order chi connectivity index (χ0) is 23.0. The zero-order valence-corrected chi connectivity index (χ0v) is 22.1. The van der Waals surface area contributed by atoms with Crippen LogP contribution in [0.25, 0.3) is 0 Å². The van der Waals surface area contributed by atoms with Crippen LogP contribution in [0.5, 0.6) is 0 Å². The van der Waals surface area contributed by atoms with Crippen LogP contribution >= 0.6 is 7.82 Å². The van der Waals surface area contributed by atoms with Crippen molar-refractivity contribution in [2.24, 2.45) is 5.92 Å². The normalized spacial score (nSPS) is 14.6. The lowest BCUT2D eigenvalue weighted by Gasteiger charge is -2.17. The van der Waals surface area contributed by atoms with Crippen molar-refractivity contribution in [3.8, 4) is 0 Å². The first kappa shape index (κ1) is 31.1. The summed E-state index contributed by atoms with van der Waals surface area (Å²) < 4.78 is 22.3. The van der Waals surface area contributed by atoms with Crippen LogP contribution in [0.15, 0.2) is 0 Å². The van der Waals surface area contributed by atoms with E-state index in [-0.39, 0.29) is 0 Å². The molecule has 0 spiro atoms. The molecule has 4 nitrogen and oxygen atoms in total. The standard InChI is InChI=1S/C26H55O4P/c1-4-7-9-10-11-12-13-14-15-16-17-18-19-20-21-22-24-29-31(27,28)30-25-26(6-3)23-8-5-2/h26H,4-25H2,1-3H3,(H,27,28). The maximum absolute atomic E-state index is 12.0. The minimum absolute atomic E-state index is 0.317. The topological polar surface area (TPSA) is 55.8 Å². The van der Waals surface area contributed by atoms with Crippen LogP contribution in [0, 0.1) is 5.92 Å². The summed E-state index contributed by atoms with van der Waals surface area (Å²) in [5.74, 6) is 0.347. The summed E-state index contributed by atoms with van der Waals surface area (Å²) in [6.07, 6.45) is 25.4. The van der Waals surface area contributed by atoms with Crippen molar-refractivity contribution >= 4 is 7.82 Å². The van der Waals surface area contributed by atoms with E-state index in [2.05, 4.69) is 20.8 Å². The molecule has 1 N–H and O–H groups in total. The predicted octanol–water partition coefficient (Wildman–Crippen LogP) is 9.60. The van der Waals surface area contributed by atoms with Crippen LogP contribution < -0.4 is 0 Å². The van der Waals surface area contributed by atoms with Gasteiger partial charge in [-0.25, -0.2) is 4.57 Å². The second-order valence-corrected chi connectivity index (χ2v) is 10.8. The molecule has 0 rings (SSSR count). The van der Waals surface area contributed by atoms with Crippen LogP contribution in [0.2, 0.25) is 0 Å². The molecule has 0 saturated carbocycles. The number of rotatable bonds is 25. The molecule has 5 heteroatoms. The van der Waals surface area contributed by atoms with Gasteiger partial charge in [0.15, 0.2) is 0 Å². The summed E-state index contributed by atoms with van der Waals surface area (Å²) in [6.45, 7) is 7.18. The van der Waals surface area contributed by atoms with Crippen LogP contribution in [-0.4, -0.2) is 18.1 Å². The summed E-state index contributed by atoms with van der Waals surface area (Å²) in [5, 5.41) is 0. The minimum Gasteiger partial charge on any atom is -0.302 e. The molecule has 2 unspecified atom stereocenters. The SMILES string of the molecule is CCCCCCCCCCCCCCCCCCOP(=O)(O)OCC(CC)CCCC. The highest BCUT2D eigenvalue weighted by molar-refractivity contribution is 7.47. The van der Waals surface area contributed by atoms with E-state index in [1.165, 1.54) is 89.9 Å². The van der Waals surface area contributed by atoms with Crippen molar-refractivity contribution in [2.75, 3.05) is 13.2 Å². The van der Waals surface area contributed by atoms with Gasteiger partial charge >= 0.3 is 7.82 Å². The van der Waals surface area contributed by atoms with Crippen LogP contribution in [0.3, 0.4) is 0 Å². The second-order valence-electron chi connectivity index (χ2n) is 9.32. The van der Waals surface area contributed by atoms with Crippen molar-refractivity contribution in [1.29, 1.82) is 0 Å². The summed E-state index contributed by atoms with van der Waals surface area (Å²) >= 11 is 0. The Morgan fingerprint density at radius 3 is 1.45 bits per heavy atom. The first-order valence-electron chi connectivity index (χ1n) is 13.7. The summed E-state index contributed by atoms with van der Waals surface area (Å²) in [5.41, 5.74) is 0. The van der Waals surface area contributed by atoms with E-state index in [4.69, 9.17) is 9.05 Å². The summed E-state index contributed by atoms with van der Waals surface area (Å²) in [7, 11) is -3.88. The van der Waals surface area contributed by atoms with Gasteiger partial charge < -0.3 is 4.89 Å². The average molecular weight is 463 g/mol. The van der Waals surface area contributed by atoms with Gasteiger partial charge in [0.05, 0.1) is 13.2 Å². The third-order valence-corrected chi connectivity index (χ3v) is 7.25. The van der Waals surface area contributed by atoms with Gasteiger partial charge in [-0.2, -0.15) is 0 Å². The monoisotopic (exact) mass is 462 g/mol. The molecule has 0 aromatic carbocycles. The van der Waals surface area contributed by atoms with Crippen molar-refractivity contribution < 1.29 is 18.5 Å². The molecule has 0 aliphatic rings. The molecule has 2 atom stereocenters. The highest BCUT2D eigenvalue weighted by Crippen LogP contribution is 2.44. The molecule has 31 heavy (non-hydrogen) atoms. The molecular weight excluding hydrogens is 407 g/mol. The minimum atomic E-state index is -3.88. The first-order valence-corrected chi connectivity index (χ1v) is 15.2. The van der Waals surface area contributed by atoms with Gasteiger partial charge in [-0.15, -0.1) is 0 Å². The highest BCUT2D eigenvalue weighted by Gasteiger charge is 2.22. The maximum Gasteiger partial charge on any atom is 0.472 e. The highest BCUT2D eigenvalue weighted by atomic mass is 31.2. The lowest BCUT2D eigenvalue weighted by atomic mass is 10.0. The average Bonchev–Trinajstić information content (AvgIpc) is 2.76. The van der Waals surface area contributed by atoms with Gasteiger partial charge in [-0.1, -0.05) is 136 Å². The number of phosphoric ester groups is 1. The van der Waals surface area contributed by atoms with E-state index in [1.54, 1.807) is 0 Å². The lowest BCUT2D eigenvalue weighted by molar-refractivity contribution is 0.125. The van der Waals surface area contributed by atoms with Crippen LogP contribution in [0.1, 0.15) is 149 Å². The molecule has 0 fully saturated rings. The Morgan fingerprint density at radius 2 is 1.03 bits per heavy atom. The van der Waals surface area contributed by atoms with Crippen molar-refractivity contribution in [3.05, 3.63) is 0 Å². The fourth-order valence-electron chi connectivity index (χ4n) is 3.97. The quantitative estimate of drug-likeness (QED) is 0.108. The van der Waals surface area contributed by atoms with E-state index in [9.17, 15) is 9.46 Å². The Kier molecular flexibility index (Phi) is 23.4. The fourth-order valence-corrected chi connectivity index (χ4v) is 4.80. The van der Waals surface area contributed by atoms with E-state index in [0.29, 0.717) is 19.1 Å². The zero-order valence-electron chi connectivity index (χ0n) is 21.3. The molecule has 0 heterocycles. The molecule has 0 saturated heterocycles. The summed E-state index contributed by atoms with van der Waals surface area (Å²) in [4.78, 5) is 9.82. The number of unbranched alkanes of at least 4 members (excludes halogenated alkanes) is 16. The number of hydrogen-bond acceptors (Lipinski definition) is 3. The number of hydrogen-bond donors (Lipinski definition) is 1. The third-order valence-electron chi connectivity index (χ3n) is 6.27. The Morgan fingerprint density at radius 1 is 0.613 bits per heavy atom. The fraction of sp³-hybridized carbons (Fsp3) is 1.00. The maximum atomic E-state index is 12.0. The predicted molar refractivity (Wildman–Crippen MR) is 135 cm³/mol.